The second kappa shape index (κ2) is 4.49. The van der Waals surface area contributed by atoms with E-state index in [2.05, 4.69) is 17.3 Å². The van der Waals surface area contributed by atoms with Crippen LogP contribution in [0.5, 0.6) is 0 Å². The lowest BCUT2D eigenvalue weighted by atomic mass is 10.1. The molecule has 1 aliphatic carbocycles. The van der Waals surface area contributed by atoms with Crippen molar-refractivity contribution in [1.29, 1.82) is 0 Å². The Morgan fingerprint density at radius 2 is 2.20 bits per heavy atom. The number of rotatable bonds is 2. The number of nitrogens with two attached hydrogens (primary N) is 1. The minimum Gasteiger partial charge on any atom is -0.352 e. The molecule has 3 N–H and O–H groups in total. The molecule has 0 radical (unpaired) electrons. The Labute approximate surface area is 91.2 Å². The molecule has 1 aliphatic heterocycles. The van der Waals surface area contributed by atoms with E-state index in [-0.39, 0.29) is 17.9 Å². The summed E-state index contributed by atoms with van der Waals surface area (Å²) < 4.78 is 0. The van der Waals surface area contributed by atoms with Crippen LogP contribution < -0.4 is 11.1 Å². The van der Waals surface area contributed by atoms with Gasteiger partial charge >= 0.3 is 0 Å². The van der Waals surface area contributed by atoms with Crippen LogP contribution in [0.4, 0.5) is 0 Å². The van der Waals surface area contributed by atoms with Gasteiger partial charge in [-0.2, -0.15) is 0 Å². The molecule has 1 heterocycles. The molecule has 1 amide bonds. The summed E-state index contributed by atoms with van der Waals surface area (Å²) in [4.78, 5) is 14.1. The Hall–Kier alpha value is -0.610. The highest BCUT2D eigenvalue weighted by atomic mass is 16.2. The third-order valence-electron chi connectivity index (χ3n) is 3.58. The first-order valence-electron chi connectivity index (χ1n) is 5.89. The summed E-state index contributed by atoms with van der Waals surface area (Å²) in [6.07, 6.45) is 3.92. The number of likely N-dealkylation sites (tertiary alicyclic amines) is 1. The normalized spacial score (nSPS) is 37.1. The van der Waals surface area contributed by atoms with Crippen molar-refractivity contribution in [2.45, 2.75) is 37.8 Å². The molecule has 0 bridgehead atoms. The molecule has 2 aliphatic rings. The van der Waals surface area contributed by atoms with Crippen LogP contribution in [0.1, 0.15) is 25.7 Å². The molecule has 1 saturated carbocycles. The van der Waals surface area contributed by atoms with Gasteiger partial charge in [0.2, 0.25) is 5.91 Å². The van der Waals surface area contributed by atoms with Gasteiger partial charge in [-0.3, -0.25) is 4.79 Å². The Kier molecular flexibility index (Phi) is 3.26. The largest absolute Gasteiger partial charge is 0.352 e. The van der Waals surface area contributed by atoms with Gasteiger partial charge in [0, 0.05) is 24.5 Å². The van der Waals surface area contributed by atoms with Crippen molar-refractivity contribution in [2.75, 3.05) is 20.1 Å². The second-order valence-corrected chi connectivity index (χ2v) is 5.03. The molecule has 0 spiro atoms. The van der Waals surface area contributed by atoms with Crippen molar-refractivity contribution in [1.82, 2.24) is 10.2 Å². The van der Waals surface area contributed by atoms with Gasteiger partial charge in [0.15, 0.2) is 0 Å². The van der Waals surface area contributed by atoms with Crippen molar-refractivity contribution in [3.8, 4) is 0 Å². The average molecular weight is 211 g/mol. The summed E-state index contributed by atoms with van der Waals surface area (Å²) in [6, 6.07) is 0.603. The zero-order chi connectivity index (χ0) is 10.8. The summed E-state index contributed by atoms with van der Waals surface area (Å²) in [6.45, 7) is 2.08. The lowest BCUT2D eigenvalue weighted by Gasteiger charge is -2.16. The van der Waals surface area contributed by atoms with Crippen LogP contribution in [-0.4, -0.2) is 43.0 Å². The predicted molar refractivity (Wildman–Crippen MR) is 59.4 cm³/mol. The molecule has 0 aromatic heterocycles. The molecule has 3 atom stereocenters. The molecule has 2 fully saturated rings. The number of nitrogens with zero attached hydrogens (tertiary/aromatic N) is 1. The van der Waals surface area contributed by atoms with E-state index < -0.39 is 0 Å². The number of amides is 1. The van der Waals surface area contributed by atoms with Crippen LogP contribution in [-0.2, 0) is 4.79 Å². The Bertz CT molecular complexity index is 244. The van der Waals surface area contributed by atoms with E-state index in [1.54, 1.807) is 0 Å². The number of carbonyl (C=O) groups is 1. The zero-order valence-corrected chi connectivity index (χ0v) is 9.41. The minimum absolute atomic E-state index is 0.172. The summed E-state index contributed by atoms with van der Waals surface area (Å²) in [5, 5.41) is 3.14. The zero-order valence-electron chi connectivity index (χ0n) is 9.41. The van der Waals surface area contributed by atoms with Crippen LogP contribution in [0.3, 0.4) is 0 Å². The van der Waals surface area contributed by atoms with Crippen molar-refractivity contribution in [3.63, 3.8) is 0 Å². The van der Waals surface area contributed by atoms with Crippen molar-refractivity contribution >= 4 is 5.91 Å². The van der Waals surface area contributed by atoms with Gasteiger partial charge in [-0.1, -0.05) is 0 Å². The molecule has 0 aromatic carbocycles. The Balaban J connectivity index is 1.77. The topological polar surface area (TPSA) is 58.4 Å². The van der Waals surface area contributed by atoms with Crippen LogP contribution in [0, 0.1) is 5.92 Å². The fourth-order valence-corrected chi connectivity index (χ4v) is 2.63. The maximum absolute atomic E-state index is 11.9. The summed E-state index contributed by atoms with van der Waals surface area (Å²) in [5.74, 6) is 0.397. The number of hydrogen-bond donors (Lipinski definition) is 2. The van der Waals surface area contributed by atoms with E-state index >= 15 is 0 Å². The number of carbonyl (C=O) groups excluding carboxylic acids is 1. The number of hydrogen-bond acceptors (Lipinski definition) is 3. The summed E-state index contributed by atoms with van der Waals surface area (Å²) in [5.41, 5.74) is 5.80. The van der Waals surface area contributed by atoms with Crippen molar-refractivity contribution in [2.24, 2.45) is 11.7 Å². The monoisotopic (exact) mass is 211 g/mol. The first kappa shape index (κ1) is 10.9. The van der Waals surface area contributed by atoms with E-state index in [0.29, 0.717) is 6.04 Å². The molecule has 0 aromatic rings. The quantitative estimate of drug-likeness (QED) is 0.672. The molecular formula is C11H21N3O. The molecule has 3 unspecified atom stereocenters. The van der Waals surface area contributed by atoms with Crippen molar-refractivity contribution < 1.29 is 4.79 Å². The molecule has 4 heteroatoms. The van der Waals surface area contributed by atoms with E-state index in [0.717, 1.165) is 38.8 Å². The van der Waals surface area contributed by atoms with Gasteiger partial charge in [-0.05, 0) is 39.3 Å². The highest BCUT2D eigenvalue weighted by Gasteiger charge is 2.30. The maximum Gasteiger partial charge on any atom is 0.223 e. The average Bonchev–Trinajstić information content (AvgIpc) is 2.75. The Morgan fingerprint density at radius 1 is 1.40 bits per heavy atom. The van der Waals surface area contributed by atoms with Gasteiger partial charge in [-0.15, -0.1) is 0 Å². The molecule has 2 rings (SSSR count). The molecule has 15 heavy (non-hydrogen) atoms. The summed E-state index contributed by atoms with van der Waals surface area (Å²) in [7, 11) is 2.09. The van der Waals surface area contributed by atoms with E-state index in [1.807, 2.05) is 0 Å². The highest BCUT2D eigenvalue weighted by Crippen LogP contribution is 2.24. The molecule has 1 saturated heterocycles. The SMILES string of the molecule is CN1CCC(NC(=O)C2CCC(N)C2)C1. The van der Waals surface area contributed by atoms with Gasteiger partial charge in [0.05, 0.1) is 0 Å². The molecule has 86 valence electrons. The molecular weight excluding hydrogens is 190 g/mol. The highest BCUT2D eigenvalue weighted by molar-refractivity contribution is 5.79. The summed E-state index contributed by atoms with van der Waals surface area (Å²) >= 11 is 0. The van der Waals surface area contributed by atoms with E-state index in [4.69, 9.17) is 5.73 Å². The fraction of sp³-hybridized carbons (Fsp3) is 0.909. The van der Waals surface area contributed by atoms with Gasteiger partial charge in [0.1, 0.15) is 0 Å². The lowest BCUT2D eigenvalue weighted by Crippen LogP contribution is -2.39. The van der Waals surface area contributed by atoms with Crippen LogP contribution >= 0.6 is 0 Å². The van der Waals surface area contributed by atoms with Crippen LogP contribution in [0.2, 0.25) is 0 Å². The Morgan fingerprint density at radius 3 is 2.73 bits per heavy atom. The standard InChI is InChI=1S/C11H21N3O/c1-14-5-4-10(7-14)13-11(15)8-2-3-9(12)6-8/h8-10H,2-7,12H2,1H3,(H,13,15). The van der Waals surface area contributed by atoms with Gasteiger partial charge < -0.3 is 16.0 Å². The van der Waals surface area contributed by atoms with E-state index in [9.17, 15) is 4.79 Å². The first-order valence-corrected chi connectivity index (χ1v) is 5.89. The maximum atomic E-state index is 11.9. The lowest BCUT2D eigenvalue weighted by molar-refractivity contribution is -0.125. The molecule has 4 nitrogen and oxygen atoms in total. The minimum atomic E-state index is 0.172. The van der Waals surface area contributed by atoms with Gasteiger partial charge in [0.25, 0.3) is 0 Å². The third-order valence-corrected chi connectivity index (χ3v) is 3.58. The van der Waals surface area contributed by atoms with Crippen LogP contribution in [0.25, 0.3) is 0 Å². The second-order valence-electron chi connectivity index (χ2n) is 5.03. The smallest absolute Gasteiger partial charge is 0.223 e. The van der Waals surface area contributed by atoms with Gasteiger partial charge in [-0.25, -0.2) is 0 Å². The predicted octanol–water partition coefficient (Wildman–Crippen LogP) is -0.0659. The number of likely N-dealkylation sites (N-methyl/N-ethyl adjacent to an activating group) is 1. The van der Waals surface area contributed by atoms with Crippen molar-refractivity contribution in [3.05, 3.63) is 0 Å². The third kappa shape index (κ3) is 2.69. The van der Waals surface area contributed by atoms with Crippen LogP contribution in [0.15, 0.2) is 0 Å². The first-order chi connectivity index (χ1) is 7.15. The van der Waals surface area contributed by atoms with E-state index in [1.165, 1.54) is 0 Å². The fourth-order valence-electron chi connectivity index (χ4n) is 2.63. The number of nitrogens with one attached hydrogen (secondary N) is 1.